The number of nitrogens with zero attached hydrogens (tertiary/aromatic N) is 2. The number of hydrogen-bond acceptors (Lipinski definition) is 5. The number of hydrogen-bond donors (Lipinski definition) is 0. The highest BCUT2D eigenvalue weighted by molar-refractivity contribution is 7.09. The van der Waals surface area contributed by atoms with E-state index < -0.39 is 5.60 Å². The minimum absolute atomic E-state index is 0.0110. The highest BCUT2D eigenvalue weighted by Gasteiger charge is 2.28. The third-order valence-electron chi connectivity index (χ3n) is 3.55. The van der Waals surface area contributed by atoms with E-state index in [1.165, 1.54) is 0 Å². The van der Waals surface area contributed by atoms with E-state index in [1.807, 2.05) is 33.1 Å². The van der Waals surface area contributed by atoms with Crippen LogP contribution in [0.1, 0.15) is 51.6 Å². The lowest BCUT2D eigenvalue weighted by molar-refractivity contribution is -0.00385. The second-order valence-corrected chi connectivity index (χ2v) is 7.71. The fourth-order valence-corrected chi connectivity index (χ4v) is 3.12. The zero-order chi connectivity index (χ0) is 16.2. The summed E-state index contributed by atoms with van der Waals surface area (Å²) in [6, 6.07) is 0. The Labute approximate surface area is 136 Å². The molecule has 1 aliphatic heterocycles. The number of rotatable bonds is 4. The van der Waals surface area contributed by atoms with E-state index in [1.54, 1.807) is 22.4 Å². The smallest absolute Gasteiger partial charge is 0.410 e. The first-order valence-corrected chi connectivity index (χ1v) is 8.72. The van der Waals surface area contributed by atoms with E-state index >= 15 is 0 Å². The van der Waals surface area contributed by atoms with Crippen molar-refractivity contribution in [3.8, 4) is 0 Å². The van der Waals surface area contributed by atoms with Gasteiger partial charge in [-0.3, -0.25) is 0 Å². The standard InChI is InChI=1S/C16H26N2O3S/c1-12(14-17-7-9-22-14)20-11-13-6-5-8-18(10-13)15(19)21-16(2,3)4/h7,9,12-13H,5-6,8,10-11H2,1-4H3/t12-,13+/m0/s1. The summed E-state index contributed by atoms with van der Waals surface area (Å²) in [6.45, 7) is 9.84. The van der Waals surface area contributed by atoms with Crippen LogP contribution in [-0.2, 0) is 9.47 Å². The largest absolute Gasteiger partial charge is 0.444 e. The van der Waals surface area contributed by atoms with E-state index in [9.17, 15) is 4.79 Å². The van der Waals surface area contributed by atoms with E-state index in [0.717, 1.165) is 24.4 Å². The summed E-state index contributed by atoms with van der Waals surface area (Å²) >= 11 is 1.61. The zero-order valence-electron chi connectivity index (χ0n) is 13.9. The molecule has 1 saturated heterocycles. The Kier molecular flexibility index (Phi) is 5.81. The van der Waals surface area contributed by atoms with Gasteiger partial charge in [-0.05, 0) is 40.5 Å². The summed E-state index contributed by atoms with van der Waals surface area (Å²) < 4.78 is 11.4. The first-order chi connectivity index (χ1) is 10.3. The van der Waals surface area contributed by atoms with Gasteiger partial charge < -0.3 is 14.4 Å². The number of piperidine rings is 1. The summed E-state index contributed by atoms with van der Waals surface area (Å²) in [7, 11) is 0. The van der Waals surface area contributed by atoms with Crippen molar-refractivity contribution in [1.82, 2.24) is 9.88 Å². The average molecular weight is 326 g/mol. The van der Waals surface area contributed by atoms with Crippen LogP contribution in [0.4, 0.5) is 4.79 Å². The van der Waals surface area contributed by atoms with Crippen molar-refractivity contribution in [3.05, 3.63) is 16.6 Å². The van der Waals surface area contributed by atoms with Crippen LogP contribution in [-0.4, -0.2) is 41.3 Å². The molecule has 1 amide bonds. The average Bonchev–Trinajstić information content (AvgIpc) is 2.97. The molecule has 0 N–H and O–H groups in total. The Morgan fingerprint density at radius 3 is 2.95 bits per heavy atom. The van der Waals surface area contributed by atoms with Crippen LogP contribution in [0.5, 0.6) is 0 Å². The Morgan fingerprint density at radius 1 is 1.55 bits per heavy atom. The quantitative estimate of drug-likeness (QED) is 0.843. The molecule has 0 spiro atoms. The first-order valence-electron chi connectivity index (χ1n) is 7.84. The lowest BCUT2D eigenvalue weighted by atomic mass is 9.99. The van der Waals surface area contributed by atoms with Gasteiger partial charge in [0.15, 0.2) is 0 Å². The molecule has 1 aliphatic rings. The van der Waals surface area contributed by atoms with Gasteiger partial charge in [0.05, 0.1) is 6.61 Å². The van der Waals surface area contributed by atoms with Gasteiger partial charge in [-0.25, -0.2) is 9.78 Å². The maximum atomic E-state index is 12.1. The summed E-state index contributed by atoms with van der Waals surface area (Å²) in [4.78, 5) is 18.2. The minimum Gasteiger partial charge on any atom is -0.444 e. The molecule has 0 aromatic carbocycles. The van der Waals surface area contributed by atoms with Crippen molar-refractivity contribution in [3.63, 3.8) is 0 Å². The lowest BCUT2D eigenvalue weighted by Crippen LogP contribution is -2.43. The minimum atomic E-state index is -0.445. The number of amides is 1. The van der Waals surface area contributed by atoms with Crippen molar-refractivity contribution in [2.24, 2.45) is 5.92 Å². The van der Waals surface area contributed by atoms with E-state index in [0.29, 0.717) is 19.1 Å². The van der Waals surface area contributed by atoms with Crippen molar-refractivity contribution in [1.29, 1.82) is 0 Å². The molecule has 1 aromatic rings. The van der Waals surface area contributed by atoms with E-state index in [2.05, 4.69) is 4.98 Å². The normalized spacial score (nSPS) is 20.7. The first kappa shape index (κ1) is 17.2. The summed E-state index contributed by atoms with van der Waals surface area (Å²) in [6.07, 6.45) is 3.68. The second kappa shape index (κ2) is 7.42. The molecule has 6 heteroatoms. The van der Waals surface area contributed by atoms with Gasteiger partial charge in [0.1, 0.15) is 16.7 Å². The van der Waals surface area contributed by atoms with Crippen LogP contribution in [0.15, 0.2) is 11.6 Å². The van der Waals surface area contributed by atoms with Gasteiger partial charge in [-0.15, -0.1) is 11.3 Å². The van der Waals surface area contributed by atoms with Gasteiger partial charge in [-0.1, -0.05) is 0 Å². The van der Waals surface area contributed by atoms with Gasteiger partial charge in [0.25, 0.3) is 0 Å². The van der Waals surface area contributed by atoms with Crippen LogP contribution in [0, 0.1) is 5.92 Å². The fraction of sp³-hybridized carbons (Fsp3) is 0.750. The third kappa shape index (κ3) is 5.25. The second-order valence-electron chi connectivity index (χ2n) is 6.78. The van der Waals surface area contributed by atoms with Crippen molar-refractivity contribution >= 4 is 17.4 Å². The molecule has 0 saturated carbocycles. The highest BCUT2D eigenvalue weighted by atomic mass is 32.1. The Balaban J connectivity index is 1.79. The molecule has 124 valence electrons. The summed E-state index contributed by atoms with van der Waals surface area (Å²) in [5.41, 5.74) is -0.445. The Hall–Kier alpha value is -1.14. The molecule has 1 aromatic heterocycles. The predicted octanol–water partition coefficient (Wildman–Crippen LogP) is 3.87. The number of likely N-dealkylation sites (tertiary alicyclic amines) is 1. The molecule has 2 atom stereocenters. The highest BCUT2D eigenvalue weighted by Crippen LogP contribution is 2.23. The monoisotopic (exact) mass is 326 g/mol. The number of aromatic nitrogens is 1. The maximum Gasteiger partial charge on any atom is 0.410 e. The third-order valence-corrected chi connectivity index (χ3v) is 4.49. The Bertz CT molecular complexity index is 470. The van der Waals surface area contributed by atoms with Gasteiger partial charge in [0, 0.05) is 30.6 Å². The zero-order valence-corrected chi connectivity index (χ0v) is 14.7. The SMILES string of the molecule is C[C@H](OC[C@@H]1CCCN(C(=O)OC(C)(C)C)C1)c1nccs1. The van der Waals surface area contributed by atoms with Crippen LogP contribution >= 0.6 is 11.3 Å². The molecule has 22 heavy (non-hydrogen) atoms. The number of thiazole rings is 1. The molecular weight excluding hydrogens is 300 g/mol. The van der Waals surface area contributed by atoms with Crippen LogP contribution in [0.3, 0.4) is 0 Å². The Morgan fingerprint density at radius 2 is 2.32 bits per heavy atom. The van der Waals surface area contributed by atoms with Gasteiger partial charge >= 0.3 is 6.09 Å². The number of carbonyl (C=O) groups excluding carboxylic acids is 1. The molecule has 5 nitrogen and oxygen atoms in total. The molecule has 0 bridgehead atoms. The molecule has 1 fully saturated rings. The molecule has 0 aliphatic carbocycles. The summed E-state index contributed by atoms with van der Waals surface area (Å²) in [5.74, 6) is 0.365. The fourth-order valence-electron chi connectivity index (χ4n) is 2.48. The lowest BCUT2D eigenvalue weighted by Gasteiger charge is -2.34. The van der Waals surface area contributed by atoms with E-state index in [-0.39, 0.29) is 12.2 Å². The van der Waals surface area contributed by atoms with Crippen LogP contribution < -0.4 is 0 Å². The molecule has 2 heterocycles. The summed E-state index contributed by atoms with van der Waals surface area (Å²) in [5, 5.41) is 2.96. The van der Waals surface area contributed by atoms with Gasteiger partial charge in [-0.2, -0.15) is 0 Å². The van der Waals surface area contributed by atoms with Crippen molar-refractivity contribution in [2.75, 3.05) is 19.7 Å². The predicted molar refractivity (Wildman–Crippen MR) is 87.0 cm³/mol. The van der Waals surface area contributed by atoms with Crippen LogP contribution in [0.25, 0.3) is 0 Å². The molecular formula is C16H26N2O3S. The molecule has 0 unspecified atom stereocenters. The van der Waals surface area contributed by atoms with Crippen molar-refractivity contribution in [2.45, 2.75) is 52.2 Å². The van der Waals surface area contributed by atoms with Crippen LogP contribution in [0.2, 0.25) is 0 Å². The maximum absolute atomic E-state index is 12.1. The number of ether oxygens (including phenoxy) is 2. The molecule has 2 rings (SSSR count). The van der Waals surface area contributed by atoms with Crippen molar-refractivity contribution < 1.29 is 14.3 Å². The topological polar surface area (TPSA) is 51.7 Å². The van der Waals surface area contributed by atoms with Gasteiger partial charge in [0.2, 0.25) is 0 Å². The van der Waals surface area contributed by atoms with E-state index in [4.69, 9.17) is 9.47 Å². The molecule has 0 radical (unpaired) electrons. The number of carbonyl (C=O) groups is 1.